The fraction of sp³-hybridized carbons (Fsp3) is 0.827. The van der Waals surface area contributed by atoms with E-state index < -0.39 is 6.10 Å². The lowest BCUT2D eigenvalue weighted by Gasteiger charge is -2.18. The van der Waals surface area contributed by atoms with Crippen LogP contribution >= 0.6 is 0 Å². The van der Waals surface area contributed by atoms with E-state index in [1.165, 1.54) is 128 Å². The fourth-order valence-corrected chi connectivity index (χ4v) is 7.05. The van der Waals surface area contributed by atoms with Crippen LogP contribution in [0.25, 0.3) is 0 Å². The van der Waals surface area contributed by atoms with Gasteiger partial charge in [0.2, 0.25) is 0 Å². The third-order valence-electron chi connectivity index (χ3n) is 10.9. The minimum Gasteiger partial charge on any atom is -0.462 e. The Kier molecular flexibility index (Phi) is 45.4. The second-order valence-electron chi connectivity index (χ2n) is 16.7. The van der Waals surface area contributed by atoms with E-state index in [-0.39, 0.29) is 31.1 Å². The Hall–Kier alpha value is -2.37. The standard InChI is InChI=1S/C52H94O6/c1-4-7-10-13-15-17-19-21-23-25-26-27-29-30-32-34-36-39-42-45-51(54)57-48-49(47-56-50(53)44-41-38-12-9-6-3)58-52(55)46-43-40-37-35-33-31-28-24-22-20-18-16-14-11-8-5-2/h18,20-21,23-24,28,49H,4-17,19,22,25-27,29-48H2,1-3H3/b20-18-,23-21-,28-24-. The van der Waals surface area contributed by atoms with E-state index in [0.717, 1.165) is 89.9 Å². The van der Waals surface area contributed by atoms with Crippen LogP contribution in [0.2, 0.25) is 0 Å². The van der Waals surface area contributed by atoms with Crippen LogP contribution in [-0.2, 0) is 28.6 Å². The van der Waals surface area contributed by atoms with Crippen molar-refractivity contribution < 1.29 is 28.6 Å². The van der Waals surface area contributed by atoms with E-state index >= 15 is 0 Å². The summed E-state index contributed by atoms with van der Waals surface area (Å²) in [4.78, 5) is 37.6. The molecule has 0 rings (SSSR count). The van der Waals surface area contributed by atoms with Gasteiger partial charge in [0.15, 0.2) is 6.10 Å². The van der Waals surface area contributed by atoms with Crippen molar-refractivity contribution in [2.75, 3.05) is 13.2 Å². The van der Waals surface area contributed by atoms with Gasteiger partial charge < -0.3 is 14.2 Å². The predicted molar refractivity (Wildman–Crippen MR) is 247 cm³/mol. The number of esters is 3. The van der Waals surface area contributed by atoms with Gasteiger partial charge in [-0.15, -0.1) is 0 Å². The average Bonchev–Trinajstić information content (AvgIpc) is 3.22. The number of hydrogen-bond acceptors (Lipinski definition) is 6. The average molecular weight is 815 g/mol. The topological polar surface area (TPSA) is 78.9 Å². The largest absolute Gasteiger partial charge is 0.462 e. The van der Waals surface area contributed by atoms with Crippen molar-refractivity contribution >= 4 is 17.9 Å². The SMILES string of the molecule is CCCCCC/C=C\C/C=C\CCCCCCCC(=O)OC(COC(=O)CCCCCCC)COC(=O)CCCCCCCCCCC/C=C\CCCCCCCC. The molecule has 0 aromatic heterocycles. The van der Waals surface area contributed by atoms with E-state index in [4.69, 9.17) is 14.2 Å². The van der Waals surface area contributed by atoms with Crippen molar-refractivity contribution in [3.8, 4) is 0 Å². The summed E-state index contributed by atoms with van der Waals surface area (Å²) in [6, 6.07) is 0. The lowest BCUT2D eigenvalue weighted by atomic mass is 10.1. The molecule has 338 valence electrons. The molecule has 1 atom stereocenters. The molecule has 0 aliphatic carbocycles. The van der Waals surface area contributed by atoms with Crippen molar-refractivity contribution in [3.05, 3.63) is 36.5 Å². The van der Waals surface area contributed by atoms with E-state index in [0.29, 0.717) is 19.3 Å². The van der Waals surface area contributed by atoms with Gasteiger partial charge in [-0.1, -0.05) is 198 Å². The summed E-state index contributed by atoms with van der Waals surface area (Å²) >= 11 is 0. The minimum absolute atomic E-state index is 0.0778. The second kappa shape index (κ2) is 47.3. The molecule has 0 bridgehead atoms. The number of hydrogen-bond donors (Lipinski definition) is 0. The fourth-order valence-electron chi connectivity index (χ4n) is 7.05. The molecule has 1 unspecified atom stereocenters. The van der Waals surface area contributed by atoms with Crippen LogP contribution in [0.3, 0.4) is 0 Å². The molecule has 0 aromatic rings. The first-order valence-electron chi connectivity index (χ1n) is 25.0. The Bertz CT molecular complexity index is 984. The van der Waals surface area contributed by atoms with Crippen LogP contribution in [0, 0.1) is 0 Å². The van der Waals surface area contributed by atoms with E-state index in [9.17, 15) is 14.4 Å². The zero-order valence-corrected chi connectivity index (χ0v) is 38.6. The molecule has 0 aliphatic rings. The number of carbonyl (C=O) groups is 3. The Morgan fingerprint density at radius 2 is 0.621 bits per heavy atom. The first-order chi connectivity index (χ1) is 28.5. The second-order valence-corrected chi connectivity index (χ2v) is 16.7. The Balaban J connectivity index is 4.18. The number of rotatable bonds is 45. The van der Waals surface area contributed by atoms with Crippen molar-refractivity contribution in [3.63, 3.8) is 0 Å². The van der Waals surface area contributed by atoms with Gasteiger partial charge in [-0.3, -0.25) is 14.4 Å². The van der Waals surface area contributed by atoms with Crippen LogP contribution < -0.4 is 0 Å². The molecule has 0 amide bonds. The van der Waals surface area contributed by atoms with Crippen molar-refractivity contribution in [2.45, 2.75) is 264 Å². The van der Waals surface area contributed by atoms with Crippen LogP contribution in [0.1, 0.15) is 258 Å². The predicted octanol–water partition coefficient (Wildman–Crippen LogP) is 16.1. The van der Waals surface area contributed by atoms with Crippen LogP contribution in [0.4, 0.5) is 0 Å². The minimum atomic E-state index is -0.774. The Morgan fingerprint density at radius 3 is 0.983 bits per heavy atom. The summed E-state index contributed by atoms with van der Waals surface area (Å²) in [6.07, 6.45) is 54.5. The lowest BCUT2D eigenvalue weighted by Crippen LogP contribution is -2.30. The molecule has 0 aliphatic heterocycles. The highest BCUT2D eigenvalue weighted by molar-refractivity contribution is 5.71. The molecule has 0 N–H and O–H groups in total. The molecule has 0 spiro atoms. The van der Waals surface area contributed by atoms with Gasteiger partial charge in [0, 0.05) is 19.3 Å². The molecule has 58 heavy (non-hydrogen) atoms. The zero-order chi connectivity index (χ0) is 42.3. The molecule has 0 saturated carbocycles. The van der Waals surface area contributed by atoms with Crippen molar-refractivity contribution in [2.24, 2.45) is 0 Å². The molecule has 6 nitrogen and oxygen atoms in total. The maximum atomic E-state index is 12.7. The summed E-state index contributed by atoms with van der Waals surface area (Å²) in [6.45, 7) is 6.53. The lowest BCUT2D eigenvalue weighted by molar-refractivity contribution is -0.167. The highest BCUT2D eigenvalue weighted by Crippen LogP contribution is 2.14. The molecule has 0 aromatic carbocycles. The normalized spacial score (nSPS) is 12.3. The van der Waals surface area contributed by atoms with Crippen molar-refractivity contribution in [1.82, 2.24) is 0 Å². The third-order valence-corrected chi connectivity index (χ3v) is 10.9. The molecular formula is C52H94O6. The summed E-state index contributed by atoms with van der Waals surface area (Å²) in [5, 5.41) is 0. The molecule has 6 heteroatoms. The summed E-state index contributed by atoms with van der Waals surface area (Å²) in [5.74, 6) is -0.902. The third kappa shape index (κ3) is 44.7. The van der Waals surface area contributed by atoms with E-state index in [2.05, 4.69) is 57.2 Å². The summed E-state index contributed by atoms with van der Waals surface area (Å²) in [5.41, 5.74) is 0. The number of ether oxygens (including phenoxy) is 3. The van der Waals surface area contributed by atoms with Gasteiger partial charge in [-0.25, -0.2) is 0 Å². The van der Waals surface area contributed by atoms with E-state index in [1.54, 1.807) is 0 Å². The number of carbonyl (C=O) groups excluding carboxylic acids is 3. The van der Waals surface area contributed by atoms with Crippen LogP contribution in [0.15, 0.2) is 36.5 Å². The van der Waals surface area contributed by atoms with Crippen LogP contribution in [-0.4, -0.2) is 37.2 Å². The monoisotopic (exact) mass is 815 g/mol. The van der Waals surface area contributed by atoms with Gasteiger partial charge in [0.05, 0.1) is 0 Å². The first-order valence-corrected chi connectivity index (χ1v) is 25.0. The maximum absolute atomic E-state index is 12.7. The highest BCUT2D eigenvalue weighted by Gasteiger charge is 2.19. The van der Waals surface area contributed by atoms with Gasteiger partial charge in [0.1, 0.15) is 13.2 Å². The van der Waals surface area contributed by atoms with E-state index in [1.807, 2.05) is 0 Å². The quantitative estimate of drug-likeness (QED) is 0.0264. The molecule has 0 heterocycles. The Morgan fingerprint density at radius 1 is 0.345 bits per heavy atom. The molecule has 0 saturated heterocycles. The number of unbranched alkanes of at least 4 members (excludes halogenated alkanes) is 28. The molecular weight excluding hydrogens is 721 g/mol. The highest BCUT2D eigenvalue weighted by atomic mass is 16.6. The van der Waals surface area contributed by atoms with Gasteiger partial charge in [0.25, 0.3) is 0 Å². The summed E-state index contributed by atoms with van der Waals surface area (Å²) in [7, 11) is 0. The maximum Gasteiger partial charge on any atom is 0.306 e. The molecule has 0 radical (unpaired) electrons. The number of allylic oxidation sites excluding steroid dienone is 6. The van der Waals surface area contributed by atoms with Gasteiger partial charge in [-0.2, -0.15) is 0 Å². The zero-order valence-electron chi connectivity index (χ0n) is 38.6. The first kappa shape index (κ1) is 55.6. The smallest absolute Gasteiger partial charge is 0.306 e. The molecule has 0 fully saturated rings. The van der Waals surface area contributed by atoms with Crippen LogP contribution in [0.5, 0.6) is 0 Å². The summed E-state index contributed by atoms with van der Waals surface area (Å²) < 4.78 is 16.6. The van der Waals surface area contributed by atoms with Crippen molar-refractivity contribution in [1.29, 1.82) is 0 Å². The van der Waals surface area contributed by atoms with Gasteiger partial charge >= 0.3 is 17.9 Å². The Labute approximate surface area is 359 Å². The van der Waals surface area contributed by atoms with Gasteiger partial charge in [-0.05, 0) is 77.0 Å².